The number of ketones is 1. The third kappa shape index (κ3) is 3.61. The van der Waals surface area contributed by atoms with Crippen molar-refractivity contribution in [2.75, 3.05) is 0 Å². The molecule has 0 unspecified atom stereocenters. The van der Waals surface area contributed by atoms with Crippen LogP contribution in [0.4, 0.5) is 0 Å². The molecule has 1 aromatic carbocycles. The lowest BCUT2D eigenvalue weighted by Crippen LogP contribution is -2.38. The minimum absolute atomic E-state index is 0.179. The fraction of sp³-hybridized carbons (Fsp3) is 0.476. The summed E-state index contributed by atoms with van der Waals surface area (Å²) in [6.07, 6.45) is 11.8. The molecule has 3 rings (SSSR count). The largest absolute Gasteiger partial charge is 0.295 e. The van der Waals surface area contributed by atoms with E-state index in [4.69, 9.17) is 11.6 Å². The molecule has 2 aliphatic rings. The molecule has 2 heteroatoms. The Bertz CT molecular complexity index is 640. The molecule has 1 aromatic rings. The first-order valence-corrected chi connectivity index (χ1v) is 9.00. The SMILES string of the molecule is CC1=CCC[C@]2(C)CC[C@@H](C(=O)/C=C/c3ccc(Cl)cc3)C[C@@H]12. The molecule has 1 nitrogen and oxygen atoms in total. The van der Waals surface area contributed by atoms with Gasteiger partial charge in [-0.2, -0.15) is 0 Å². The summed E-state index contributed by atoms with van der Waals surface area (Å²) in [5, 5.41) is 0.722. The van der Waals surface area contributed by atoms with E-state index in [1.54, 1.807) is 6.08 Å². The van der Waals surface area contributed by atoms with Crippen LogP contribution in [0.3, 0.4) is 0 Å². The van der Waals surface area contributed by atoms with Crippen LogP contribution < -0.4 is 0 Å². The first-order chi connectivity index (χ1) is 11.0. The number of benzene rings is 1. The van der Waals surface area contributed by atoms with Gasteiger partial charge in [0.2, 0.25) is 0 Å². The van der Waals surface area contributed by atoms with Gasteiger partial charge in [0.1, 0.15) is 0 Å². The molecule has 1 saturated carbocycles. The Hall–Kier alpha value is -1.34. The van der Waals surface area contributed by atoms with Gasteiger partial charge in [0.05, 0.1) is 0 Å². The number of carbonyl (C=O) groups excluding carboxylic acids is 1. The lowest BCUT2D eigenvalue weighted by Gasteiger charge is -2.47. The second-order valence-corrected chi connectivity index (χ2v) is 7.89. The lowest BCUT2D eigenvalue weighted by molar-refractivity contribution is -0.120. The van der Waals surface area contributed by atoms with Crippen molar-refractivity contribution in [1.82, 2.24) is 0 Å². The van der Waals surface area contributed by atoms with Crippen molar-refractivity contribution < 1.29 is 4.79 Å². The molecule has 0 N–H and O–H groups in total. The summed E-state index contributed by atoms with van der Waals surface area (Å²) >= 11 is 5.89. The van der Waals surface area contributed by atoms with E-state index in [0.29, 0.717) is 11.3 Å². The maximum atomic E-state index is 12.6. The molecule has 3 atom stereocenters. The van der Waals surface area contributed by atoms with Crippen LogP contribution in [0.5, 0.6) is 0 Å². The molecular weight excluding hydrogens is 304 g/mol. The number of hydrogen-bond acceptors (Lipinski definition) is 1. The molecule has 0 radical (unpaired) electrons. The fourth-order valence-electron chi connectivity index (χ4n) is 4.32. The fourth-order valence-corrected chi connectivity index (χ4v) is 4.44. The van der Waals surface area contributed by atoms with Crippen LogP contribution in [-0.2, 0) is 4.79 Å². The van der Waals surface area contributed by atoms with E-state index in [1.165, 1.54) is 24.8 Å². The molecule has 0 aromatic heterocycles. The van der Waals surface area contributed by atoms with Crippen LogP contribution in [0, 0.1) is 17.3 Å². The first kappa shape index (κ1) is 16.5. The maximum absolute atomic E-state index is 12.6. The molecular formula is C21H25ClO. The summed E-state index contributed by atoms with van der Waals surface area (Å²) in [6.45, 7) is 4.66. The van der Waals surface area contributed by atoms with Gasteiger partial charge < -0.3 is 0 Å². The van der Waals surface area contributed by atoms with Gasteiger partial charge >= 0.3 is 0 Å². The Morgan fingerprint density at radius 3 is 2.74 bits per heavy atom. The highest BCUT2D eigenvalue weighted by atomic mass is 35.5. The Labute approximate surface area is 144 Å². The molecule has 0 saturated heterocycles. The average molecular weight is 329 g/mol. The van der Waals surface area contributed by atoms with E-state index in [-0.39, 0.29) is 11.7 Å². The molecule has 2 aliphatic carbocycles. The van der Waals surface area contributed by atoms with E-state index in [2.05, 4.69) is 19.9 Å². The molecule has 122 valence electrons. The number of allylic oxidation sites excluding steroid dienone is 3. The van der Waals surface area contributed by atoms with Gasteiger partial charge in [-0.15, -0.1) is 0 Å². The van der Waals surface area contributed by atoms with Crippen molar-refractivity contribution in [1.29, 1.82) is 0 Å². The monoisotopic (exact) mass is 328 g/mol. The zero-order chi connectivity index (χ0) is 16.4. The third-order valence-corrected chi connectivity index (χ3v) is 6.12. The smallest absolute Gasteiger partial charge is 0.158 e. The predicted molar refractivity (Wildman–Crippen MR) is 97.4 cm³/mol. The molecule has 23 heavy (non-hydrogen) atoms. The quantitative estimate of drug-likeness (QED) is 0.485. The van der Waals surface area contributed by atoms with Gasteiger partial charge in [-0.25, -0.2) is 0 Å². The van der Waals surface area contributed by atoms with E-state index >= 15 is 0 Å². The zero-order valence-corrected chi connectivity index (χ0v) is 14.8. The van der Waals surface area contributed by atoms with Crippen molar-refractivity contribution >= 4 is 23.5 Å². The molecule has 0 amide bonds. The Kier molecular flexibility index (Phi) is 4.77. The molecule has 0 spiro atoms. The van der Waals surface area contributed by atoms with E-state index < -0.39 is 0 Å². The van der Waals surface area contributed by atoms with Crippen LogP contribution in [0.1, 0.15) is 51.5 Å². The van der Waals surface area contributed by atoms with Gasteiger partial charge in [0.25, 0.3) is 0 Å². The summed E-state index contributed by atoms with van der Waals surface area (Å²) < 4.78 is 0. The van der Waals surface area contributed by atoms with Crippen LogP contribution in [0.25, 0.3) is 6.08 Å². The Morgan fingerprint density at radius 1 is 1.26 bits per heavy atom. The van der Waals surface area contributed by atoms with Gasteiger partial charge in [-0.05, 0) is 74.1 Å². The van der Waals surface area contributed by atoms with Crippen LogP contribution in [0.2, 0.25) is 5.02 Å². The summed E-state index contributed by atoms with van der Waals surface area (Å²) in [5.41, 5.74) is 2.94. The van der Waals surface area contributed by atoms with Crippen molar-refractivity contribution in [3.05, 3.63) is 52.6 Å². The number of carbonyl (C=O) groups is 1. The summed E-state index contributed by atoms with van der Waals surface area (Å²) in [6, 6.07) is 7.60. The second kappa shape index (κ2) is 6.65. The third-order valence-electron chi connectivity index (χ3n) is 5.87. The van der Waals surface area contributed by atoms with E-state index in [1.807, 2.05) is 30.3 Å². The number of halogens is 1. The normalized spacial score (nSPS) is 30.8. The first-order valence-electron chi connectivity index (χ1n) is 8.62. The molecule has 0 heterocycles. The zero-order valence-electron chi connectivity index (χ0n) is 14.0. The number of rotatable bonds is 3. The number of fused-ring (bicyclic) bond motifs is 1. The van der Waals surface area contributed by atoms with E-state index in [0.717, 1.165) is 23.4 Å². The maximum Gasteiger partial charge on any atom is 0.158 e. The molecule has 0 aliphatic heterocycles. The summed E-state index contributed by atoms with van der Waals surface area (Å²) in [7, 11) is 0. The Balaban J connectivity index is 1.68. The van der Waals surface area contributed by atoms with E-state index in [9.17, 15) is 4.79 Å². The van der Waals surface area contributed by atoms with Crippen LogP contribution >= 0.6 is 11.6 Å². The highest BCUT2D eigenvalue weighted by molar-refractivity contribution is 6.30. The van der Waals surface area contributed by atoms with Gasteiger partial charge in [0.15, 0.2) is 5.78 Å². The van der Waals surface area contributed by atoms with Crippen LogP contribution in [-0.4, -0.2) is 5.78 Å². The highest BCUT2D eigenvalue weighted by Gasteiger charge is 2.42. The van der Waals surface area contributed by atoms with Crippen molar-refractivity contribution in [3.63, 3.8) is 0 Å². The summed E-state index contributed by atoms with van der Waals surface area (Å²) in [4.78, 5) is 12.6. The Morgan fingerprint density at radius 2 is 2.00 bits per heavy atom. The summed E-state index contributed by atoms with van der Waals surface area (Å²) in [5.74, 6) is 1.04. The van der Waals surface area contributed by atoms with Crippen molar-refractivity contribution in [2.45, 2.75) is 46.0 Å². The minimum atomic E-state index is 0.179. The van der Waals surface area contributed by atoms with Gasteiger partial charge in [-0.3, -0.25) is 4.79 Å². The minimum Gasteiger partial charge on any atom is -0.295 e. The second-order valence-electron chi connectivity index (χ2n) is 7.45. The van der Waals surface area contributed by atoms with Crippen LogP contribution in [0.15, 0.2) is 42.0 Å². The average Bonchev–Trinajstić information content (AvgIpc) is 2.54. The highest BCUT2D eigenvalue weighted by Crippen LogP contribution is 2.52. The standard InChI is InChI=1S/C21H25ClO/c1-15-4-3-12-21(2)13-11-17(14-19(15)21)20(23)10-7-16-5-8-18(22)9-6-16/h4-10,17,19H,3,11-14H2,1-2H3/b10-7+/t17-,19+,21-/m1/s1. The number of hydrogen-bond donors (Lipinski definition) is 0. The lowest BCUT2D eigenvalue weighted by atomic mass is 9.58. The topological polar surface area (TPSA) is 17.1 Å². The molecule has 1 fully saturated rings. The molecule has 0 bridgehead atoms. The van der Waals surface area contributed by atoms with Crippen molar-refractivity contribution in [3.8, 4) is 0 Å². The van der Waals surface area contributed by atoms with Crippen molar-refractivity contribution in [2.24, 2.45) is 17.3 Å². The predicted octanol–water partition coefficient (Wildman–Crippen LogP) is 6.09. The van der Waals surface area contributed by atoms with Gasteiger partial charge in [0, 0.05) is 10.9 Å². The van der Waals surface area contributed by atoms with Gasteiger partial charge in [-0.1, -0.05) is 48.4 Å².